The maximum atomic E-state index is 12.8. The molecule has 0 aliphatic rings. The normalized spacial score (nSPS) is 12.0. The summed E-state index contributed by atoms with van der Waals surface area (Å²) in [4.78, 5) is 33.4. The number of thioether (sulfide) groups is 1. The molecule has 0 bridgehead atoms. The molecule has 2 heterocycles. The van der Waals surface area contributed by atoms with Gasteiger partial charge < -0.3 is 26.2 Å². The Morgan fingerprint density at radius 3 is 2.54 bits per heavy atom. The monoisotopic (exact) mass is 535 g/mol. The molecule has 196 valence electrons. The number of amides is 2. The summed E-state index contributed by atoms with van der Waals surface area (Å²) in [6, 6.07) is 10.6. The predicted octanol–water partition coefficient (Wildman–Crippen LogP) is 3.96. The van der Waals surface area contributed by atoms with Crippen LogP contribution in [0.15, 0.2) is 66.0 Å². The van der Waals surface area contributed by atoms with Crippen LogP contribution in [0, 0.1) is 0 Å². The summed E-state index contributed by atoms with van der Waals surface area (Å²) in [5, 5.41) is 14.6. The molecule has 1 aromatic carbocycles. The van der Waals surface area contributed by atoms with Crippen LogP contribution in [0.2, 0.25) is 0 Å². The van der Waals surface area contributed by atoms with Crippen molar-refractivity contribution in [2.75, 3.05) is 17.2 Å². The average molecular weight is 536 g/mol. The number of rotatable bonds is 11. The molecule has 0 aliphatic heterocycles. The van der Waals surface area contributed by atoms with Crippen molar-refractivity contribution < 1.29 is 32.6 Å². The molecule has 1 unspecified atom stereocenters. The fourth-order valence-electron chi connectivity index (χ4n) is 3.06. The number of alkyl halides is 3. The maximum Gasteiger partial charge on any atom is 0.573 e. The Bertz CT molecular complexity index is 1210. The van der Waals surface area contributed by atoms with E-state index in [-0.39, 0.29) is 17.9 Å². The number of ether oxygens (including phenoxy) is 1. The van der Waals surface area contributed by atoms with Crippen molar-refractivity contribution >= 4 is 35.1 Å². The van der Waals surface area contributed by atoms with Crippen molar-refractivity contribution in [2.45, 2.75) is 36.0 Å². The Labute approximate surface area is 214 Å². The summed E-state index contributed by atoms with van der Waals surface area (Å²) in [5.41, 5.74) is 7.17. The number of benzene rings is 1. The Kier molecular flexibility index (Phi) is 9.83. The molecule has 0 aliphatic carbocycles. The lowest BCUT2D eigenvalue weighted by molar-refractivity contribution is -0.274. The van der Waals surface area contributed by atoms with Crippen LogP contribution in [0.25, 0.3) is 0 Å². The number of hydrogen-bond acceptors (Lipinski definition) is 8. The van der Waals surface area contributed by atoms with Crippen LogP contribution in [0.3, 0.4) is 0 Å². The first kappa shape index (κ1) is 27.9. The number of halogens is 3. The fourth-order valence-corrected chi connectivity index (χ4v) is 4.00. The molecule has 1 atom stereocenters. The van der Waals surface area contributed by atoms with Gasteiger partial charge in [0.25, 0.3) is 5.91 Å². The standard InChI is InChI=1S/C24H24F3N5O4S/c25-24(26,27)36-17-7-5-16(6-8-17)31-21(34)18-3-1-10-30-23(18)37-14-15-9-11-29-20(13-15)32-22(35)19(28)4-2-12-33/h1,3,5-11,13,19,33H,2,4,12,14,28H2,(H,31,34)(H,29,32,35). The van der Waals surface area contributed by atoms with Crippen LogP contribution in [-0.2, 0) is 10.5 Å². The van der Waals surface area contributed by atoms with E-state index in [1.54, 1.807) is 24.3 Å². The van der Waals surface area contributed by atoms with Crippen LogP contribution in [0.5, 0.6) is 5.75 Å². The Balaban J connectivity index is 1.62. The Morgan fingerprint density at radius 1 is 1.08 bits per heavy atom. The van der Waals surface area contributed by atoms with Crippen LogP contribution in [-0.4, -0.2) is 45.9 Å². The van der Waals surface area contributed by atoms with E-state index in [4.69, 9.17) is 10.8 Å². The maximum absolute atomic E-state index is 12.8. The lowest BCUT2D eigenvalue weighted by Crippen LogP contribution is -2.35. The zero-order chi connectivity index (χ0) is 26.8. The molecule has 37 heavy (non-hydrogen) atoms. The third kappa shape index (κ3) is 9.04. The van der Waals surface area contributed by atoms with Gasteiger partial charge in [0.1, 0.15) is 16.6 Å². The molecule has 3 aromatic rings. The summed E-state index contributed by atoms with van der Waals surface area (Å²) >= 11 is 1.28. The van der Waals surface area contributed by atoms with Gasteiger partial charge in [0.05, 0.1) is 11.6 Å². The van der Waals surface area contributed by atoms with E-state index in [2.05, 4.69) is 25.3 Å². The number of nitrogens with two attached hydrogens (primary N) is 1. The quantitative estimate of drug-likeness (QED) is 0.271. The van der Waals surface area contributed by atoms with Crippen molar-refractivity contribution in [3.05, 3.63) is 72.1 Å². The van der Waals surface area contributed by atoms with Gasteiger partial charge in [0.2, 0.25) is 5.91 Å². The molecule has 9 nitrogen and oxygen atoms in total. The number of anilines is 2. The third-order valence-corrected chi connectivity index (χ3v) is 5.90. The van der Waals surface area contributed by atoms with Gasteiger partial charge in [-0.1, -0.05) is 0 Å². The van der Waals surface area contributed by atoms with E-state index in [1.807, 2.05) is 0 Å². The van der Waals surface area contributed by atoms with E-state index in [9.17, 15) is 22.8 Å². The molecule has 3 rings (SSSR count). The molecule has 2 aromatic heterocycles. The van der Waals surface area contributed by atoms with Gasteiger partial charge in [-0.15, -0.1) is 24.9 Å². The number of aliphatic hydroxyl groups is 1. The predicted molar refractivity (Wildman–Crippen MR) is 132 cm³/mol. The van der Waals surface area contributed by atoms with Crippen molar-refractivity contribution in [3.63, 3.8) is 0 Å². The third-order valence-electron chi connectivity index (χ3n) is 4.82. The number of aromatic nitrogens is 2. The molecule has 0 saturated heterocycles. The van der Waals surface area contributed by atoms with Crippen molar-refractivity contribution in [3.8, 4) is 5.75 Å². The van der Waals surface area contributed by atoms with Gasteiger partial charge in [0, 0.05) is 30.4 Å². The van der Waals surface area contributed by atoms with Gasteiger partial charge in [0.15, 0.2) is 0 Å². The summed E-state index contributed by atoms with van der Waals surface area (Å²) < 4.78 is 40.8. The van der Waals surface area contributed by atoms with Crippen LogP contribution < -0.4 is 21.1 Å². The summed E-state index contributed by atoms with van der Waals surface area (Å²) in [7, 11) is 0. The number of carbonyl (C=O) groups excluding carboxylic acids is 2. The molecule has 5 N–H and O–H groups in total. The first-order chi connectivity index (χ1) is 17.6. The van der Waals surface area contributed by atoms with Gasteiger partial charge >= 0.3 is 6.36 Å². The molecular weight excluding hydrogens is 511 g/mol. The minimum atomic E-state index is -4.80. The second-order valence-electron chi connectivity index (χ2n) is 7.68. The van der Waals surface area contributed by atoms with E-state index in [0.717, 1.165) is 17.7 Å². The van der Waals surface area contributed by atoms with Gasteiger partial charge in [-0.3, -0.25) is 9.59 Å². The average Bonchev–Trinajstić information content (AvgIpc) is 2.86. The smallest absolute Gasteiger partial charge is 0.406 e. The highest BCUT2D eigenvalue weighted by Gasteiger charge is 2.31. The van der Waals surface area contributed by atoms with Crippen LogP contribution in [0.1, 0.15) is 28.8 Å². The highest BCUT2D eigenvalue weighted by Crippen LogP contribution is 2.27. The molecule has 0 spiro atoms. The Hall–Kier alpha value is -3.68. The first-order valence-electron chi connectivity index (χ1n) is 11.0. The zero-order valence-electron chi connectivity index (χ0n) is 19.4. The minimum Gasteiger partial charge on any atom is -0.406 e. The van der Waals surface area contributed by atoms with Gasteiger partial charge in [-0.05, 0) is 66.9 Å². The lowest BCUT2D eigenvalue weighted by atomic mass is 10.1. The number of hydrogen-bond donors (Lipinski definition) is 4. The fraction of sp³-hybridized carbons (Fsp3) is 0.250. The number of nitrogens with zero attached hydrogens (tertiary/aromatic N) is 2. The van der Waals surface area contributed by atoms with E-state index in [0.29, 0.717) is 29.4 Å². The van der Waals surface area contributed by atoms with Crippen molar-refractivity contribution in [1.82, 2.24) is 9.97 Å². The molecule has 0 fully saturated rings. The number of pyridine rings is 2. The zero-order valence-corrected chi connectivity index (χ0v) is 20.2. The molecule has 2 amide bonds. The van der Waals surface area contributed by atoms with E-state index < -0.39 is 30.0 Å². The minimum absolute atomic E-state index is 0.0529. The molecule has 0 saturated carbocycles. The van der Waals surface area contributed by atoms with E-state index >= 15 is 0 Å². The Morgan fingerprint density at radius 2 is 1.84 bits per heavy atom. The highest BCUT2D eigenvalue weighted by atomic mass is 32.2. The molecule has 0 radical (unpaired) electrons. The molecule has 13 heteroatoms. The van der Waals surface area contributed by atoms with Crippen LogP contribution in [0.4, 0.5) is 24.7 Å². The second-order valence-corrected chi connectivity index (χ2v) is 8.65. The van der Waals surface area contributed by atoms with Crippen molar-refractivity contribution in [1.29, 1.82) is 0 Å². The van der Waals surface area contributed by atoms with Gasteiger partial charge in [-0.25, -0.2) is 9.97 Å². The second kappa shape index (κ2) is 13.0. The van der Waals surface area contributed by atoms with Crippen LogP contribution >= 0.6 is 11.8 Å². The van der Waals surface area contributed by atoms with Gasteiger partial charge in [-0.2, -0.15) is 0 Å². The number of nitrogens with one attached hydrogen (secondary N) is 2. The number of aliphatic hydroxyl groups excluding tert-OH is 1. The topological polar surface area (TPSA) is 139 Å². The summed E-state index contributed by atoms with van der Waals surface area (Å²) in [6.45, 7) is -0.0529. The SMILES string of the molecule is NC(CCCO)C(=O)Nc1cc(CSc2ncccc2C(=O)Nc2ccc(OC(F)(F)F)cc2)ccn1. The van der Waals surface area contributed by atoms with Crippen molar-refractivity contribution in [2.24, 2.45) is 5.73 Å². The largest absolute Gasteiger partial charge is 0.573 e. The molecular formula is C24H24F3N5O4S. The summed E-state index contributed by atoms with van der Waals surface area (Å²) in [6.07, 6.45) is -0.984. The van der Waals surface area contributed by atoms with E-state index in [1.165, 1.54) is 36.3 Å². The highest BCUT2D eigenvalue weighted by molar-refractivity contribution is 7.98. The summed E-state index contributed by atoms with van der Waals surface area (Å²) in [5.74, 6) is -0.572. The first-order valence-corrected chi connectivity index (χ1v) is 12.0. The number of carbonyl (C=O) groups is 2. The lowest BCUT2D eigenvalue weighted by Gasteiger charge is -2.12.